The minimum Gasteiger partial charge on any atom is -0.494 e. The standard InChI is InChI=1S/C20H21Cl2N3O3/c1-2-3-10-28-16-7-4-14(5-8-16)12-24-25-19(26)13-23-20(27)15-6-9-17(21)18(22)11-15/h4-9,11-12H,2-3,10,13H2,1H3,(H,23,27)(H,25,26)/b24-12+. The molecule has 0 aliphatic carbocycles. The summed E-state index contributed by atoms with van der Waals surface area (Å²) in [6.45, 7) is 2.57. The summed E-state index contributed by atoms with van der Waals surface area (Å²) in [6, 6.07) is 11.8. The quantitative estimate of drug-likeness (QED) is 0.364. The van der Waals surface area contributed by atoms with Gasteiger partial charge in [-0.15, -0.1) is 0 Å². The summed E-state index contributed by atoms with van der Waals surface area (Å²) in [4.78, 5) is 23.8. The Hall–Kier alpha value is -2.57. The van der Waals surface area contributed by atoms with E-state index in [1.807, 2.05) is 24.3 Å². The molecule has 8 heteroatoms. The number of nitrogens with zero attached hydrogens (tertiary/aromatic N) is 1. The summed E-state index contributed by atoms with van der Waals surface area (Å²) in [7, 11) is 0. The molecule has 0 radical (unpaired) electrons. The Kier molecular flexibility index (Phi) is 8.78. The third-order valence-corrected chi connectivity index (χ3v) is 4.38. The average Bonchev–Trinajstić information content (AvgIpc) is 2.69. The number of hydrogen-bond donors (Lipinski definition) is 2. The average molecular weight is 422 g/mol. The number of carbonyl (C=O) groups excluding carboxylic acids is 2. The van der Waals surface area contributed by atoms with Gasteiger partial charge in [0.1, 0.15) is 5.75 Å². The molecule has 0 saturated heterocycles. The number of benzene rings is 2. The zero-order valence-corrected chi connectivity index (χ0v) is 16.9. The highest BCUT2D eigenvalue weighted by atomic mass is 35.5. The number of unbranched alkanes of at least 4 members (excludes halogenated alkanes) is 1. The summed E-state index contributed by atoms with van der Waals surface area (Å²) < 4.78 is 5.58. The molecule has 2 aromatic carbocycles. The molecular weight excluding hydrogens is 401 g/mol. The summed E-state index contributed by atoms with van der Waals surface area (Å²) in [6.07, 6.45) is 3.60. The molecule has 148 valence electrons. The normalized spacial score (nSPS) is 10.7. The number of amides is 2. The lowest BCUT2D eigenvalue weighted by atomic mass is 10.2. The maximum absolute atomic E-state index is 12.0. The van der Waals surface area contributed by atoms with E-state index in [9.17, 15) is 9.59 Å². The number of nitrogens with one attached hydrogen (secondary N) is 2. The highest BCUT2D eigenvalue weighted by molar-refractivity contribution is 6.42. The van der Waals surface area contributed by atoms with Crippen LogP contribution in [0.1, 0.15) is 35.7 Å². The Morgan fingerprint density at radius 3 is 2.54 bits per heavy atom. The highest BCUT2D eigenvalue weighted by Gasteiger charge is 2.09. The maximum atomic E-state index is 12.0. The molecule has 0 atom stereocenters. The fourth-order valence-corrected chi connectivity index (χ4v) is 2.40. The van der Waals surface area contributed by atoms with Gasteiger partial charge in [0.05, 0.1) is 29.4 Å². The van der Waals surface area contributed by atoms with Gasteiger partial charge >= 0.3 is 0 Å². The molecule has 2 amide bonds. The van der Waals surface area contributed by atoms with E-state index in [1.54, 1.807) is 0 Å². The van der Waals surface area contributed by atoms with Crippen LogP contribution in [0.2, 0.25) is 10.0 Å². The molecule has 6 nitrogen and oxygen atoms in total. The fraction of sp³-hybridized carbons (Fsp3) is 0.250. The first-order valence-corrected chi connectivity index (χ1v) is 9.53. The van der Waals surface area contributed by atoms with Crippen molar-refractivity contribution in [2.45, 2.75) is 19.8 Å². The summed E-state index contributed by atoms with van der Waals surface area (Å²) in [5.74, 6) is -0.0970. The molecule has 0 spiro atoms. The van der Waals surface area contributed by atoms with Crippen molar-refractivity contribution in [3.63, 3.8) is 0 Å². The molecule has 0 aromatic heterocycles. The van der Waals surface area contributed by atoms with Crippen LogP contribution in [0.5, 0.6) is 5.75 Å². The van der Waals surface area contributed by atoms with Crippen molar-refractivity contribution < 1.29 is 14.3 Å². The van der Waals surface area contributed by atoms with Gasteiger partial charge in [-0.2, -0.15) is 5.10 Å². The number of halogens is 2. The molecule has 0 heterocycles. The Labute approximate surface area is 173 Å². The Bertz CT molecular complexity index is 839. The van der Waals surface area contributed by atoms with E-state index in [4.69, 9.17) is 27.9 Å². The van der Waals surface area contributed by atoms with Gasteiger partial charge in [-0.1, -0.05) is 36.5 Å². The topological polar surface area (TPSA) is 79.8 Å². The Morgan fingerprint density at radius 1 is 1.11 bits per heavy atom. The van der Waals surface area contributed by atoms with Gasteiger partial charge in [0.2, 0.25) is 0 Å². The third-order valence-electron chi connectivity index (χ3n) is 3.64. The summed E-state index contributed by atoms with van der Waals surface area (Å²) >= 11 is 11.7. The molecule has 0 saturated carbocycles. The predicted molar refractivity (Wildman–Crippen MR) is 111 cm³/mol. The van der Waals surface area contributed by atoms with Crippen LogP contribution < -0.4 is 15.5 Å². The van der Waals surface area contributed by atoms with Crippen molar-refractivity contribution in [1.29, 1.82) is 0 Å². The van der Waals surface area contributed by atoms with Crippen LogP contribution in [0.4, 0.5) is 0 Å². The van der Waals surface area contributed by atoms with Gasteiger partial charge in [-0.25, -0.2) is 5.43 Å². The second kappa shape index (κ2) is 11.3. The minimum atomic E-state index is -0.454. The number of ether oxygens (including phenoxy) is 1. The van der Waals surface area contributed by atoms with Crippen LogP contribution >= 0.6 is 23.2 Å². The van der Waals surface area contributed by atoms with E-state index < -0.39 is 11.8 Å². The zero-order valence-electron chi connectivity index (χ0n) is 15.4. The maximum Gasteiger partial charge on any atom is 0.259 e. The van der Waals surface area contributed by atoms with Crippen LogP contribution in [0.15, 0.2) is 47.6 Å². The Morgan fingerprint density at radius 2 is 1.86 bits per heavy atom. The number of hydrazone groups is 1. The van der Waals surface area contributed by atoms with E-state index in [2.05, 4.69) is 22.8 Å². The van der Waals surface area contributed by atoms with Crippen LogP contribution in [0, 0.1) is 0 Å². The lowest BCUT2D eigenvalue weighted by Gasteiger charge is -2.06. The fourth-order valence-electron chi connectivity index (χ4n) is 2.10. The van der Waals surface area contributed by atoms with Gasteiger partial charge in [0.15, 0.2) is 0 Å². The second-order valence-corrected chi connectivity index (χ2v) is 6.69. The molecule has 0 aliphatic rings. The lowest BCUT2D eigenvalue weighted by molar-refractivity contribution is -0.120. The first-order chi connectivity index (χ1) is 13.5. The van der Waals surface area contributed by atoms with Crippen molar-refractivity contribution in [3.05, 3.63) is 63.6 Å². The number of rotatable bonds is 9. The highest BCUT2D eigenvalue weighted by Crippen LogP contribution is 2.22. The molecule has 0 bridgehead atoms. The molecule has 0 unspecified atom stereocenters. The SMILES string of the molecule is CCCCOc1ccc(/C=N/NC(=O)CNC(=O)c2ccc(Cl)c(Cl)c2)cc1. The smallest absolute Gasteiger partial charge is 0.259 e. The van der Waals surface area contributed by atoms with E-state index in [1.165, 1.54) is 24.4 Å². The van der Waals surface area contributed by atoms with Gasteiger partial charge < -0.3 is 10.1 Å². The molecule has 2 N–H and O–H groups in total. The predicted octanol–water partition coefficient (Wildman–Crippen LogP) is 4.05. The van der Waals surface area contributed by atoms with Crippen LogP contribution in [0.25, 0.3) is 0 Å². The lowest BCUT2D eigenvalue weighted by Crippen LogP contribution is -2.34. The van der Waals surface area contributed by atoms with Crippen LogP contribution in [-0.4, -0.2) is 31.2 Å². The van der Waals surface area contributed by atoms with E-state index in [-0.39, 0.29) is 11.6 Å². The van der Waals surface area contributed by atoms with Gasteiger partial charge in [-0.05, 0) is 54.4 Å². The van der Waals surface area contributed by atoms with E-state index in [0.29, 0.717) is 17.2 Å². The van der Waals surface area contributed by atoms with Crippen molar-refractivity contribution in [2.24, 2.45) is 5.10 Å². The van der Waals surface area contributed by atoms with E-state index >= 15 is 0 Å². The zero-order chi connectivity index (χ0) is 20.4. The largest absolute Gasteiger partial charge is 0.494 e. The summed E-state index contributed by atoms with van der Waals surface area (Å²) in [5, 5.41) is 6.97. The summed E-state index contributed by atoms with van der Waals surface area (Å²) in [5.41, 5.74) is 3.47. The van der Waals surface area contributed by atoms with Crippen molar-refractivity contribution >= 4 is 41.2 Å². The molecule has 2 rings (SSSR count). The van der Waals surface area contributed by atoms with Crippen molar-refractivity contribution in [1.82, 2.24) is 10.7 Å². The first-order valence-electron chi connectivity index (χ1n) is 8.77. The van der Waals surface area contributed by atoms with Crippen LogP contribution in [0.3, 0.4) is 0 Å². The van der Waals surface area contributed by atoms with Crippen molar-refractivity contribution in [3.8, 4) is 5.75 Å². The molecule has 2 aromatic rings. The van der Waals surface area contributed by atoms with Gasteiger partial charge in [-0.3, -0.25) is 9.59 Å². The Balaban J connectivity index is 1.75. The first kappa shape index (κ1) is 21.7. The third kappa shape index (κ3) is 7.21. The van der Waals surface area contributed by atoms with Crippen LogP contribution in [-0.2, 0) is 4.79 Å². The molecule has 0 fully saturated rings. The second-order valence-electron chi connectivity index (χ2n) is 5.88. The van der Waals surface area contributed by atoms with Gasteiger partial charge in [0.25, 0.3) is 11.8 Å². The monoisotopic (exact) mass is 421 g/mol. The van der Waals surface area contributed by atoms with Crippen molar-refractivity contribution in [2.75, 3.05) is 13.2 Å². The molecule has 28 heavy (non-hydrogen) atoms. The minimum absolute atomic E-state index is 0.222. The number of hydrogen-bond acceptors (Lipinski definition) is 4. The number of carbonyl (C=O) groups is 2. The van der Waals surface area contributed by atoms with E-state index in [0.717, 1.165) is 24.2 Å². The van der Waals surface area contributed by atoms with Gasteiger partial charge in [0, 0.05) is 5.56 Å². The molecular formula is C20H21Cl2N3O3. The molecule has 0 aliphatic heterocycles.